The van der Waals surface area contributed by atoms with Crippen LogP contribution in [-0.2, 0) is 3.74 Å². The molecule has 0 radical (unpaired) electrons. The molecule has 1 N–H and O–H groups in total. The number of ether oxygens (including phenoxy) is 1. The molecule has 0 amide bonds. The molecule has 3 nitrogen and oxygen atoms in total. The number of hydrogen-bond acceptors (Lipinski definition) is 2. The van der Waals surface area contributed by atoms with Crippen molar-refractivity contribution in [3.8, 4) is 5.75 Å². The summed E-state index contributed by atoms with van der Waals surface area (Å²) in [6, 6.07) is 6.68. The normalized spacial score (nSPS) is 12.5. The molecule has 0 aliphatic heterocycles. The van der Waals surface area contributed by atoms with Crippen LogP contribution in [0.4, 0.5) is 0 Å². The first-order chi connectivity index (χ1) is 5.74. The molecule has 0 saturated carbocycles. The zero-order chi connectivity index (χ0) is 8.97. The molecule has 12 heavy (non-hydrogen) atoms. The van der Waals surface area contributed by atoms with Gasteiger partial charge in [0.05, 0.1) is 0 Å². The fourth-order valence-electron chi connectivity index (χ4n) is 0.860. The first-order valence-electron chi connectivity index (χ1n) is 3.70. The van der Waals surface area contributed by atoms with E-state index in [2.05, 4.69) is 0 Å². The van der Waals surface area contributed by atoms with Gasteiger partial charge < -0.3 is 0 Å². The molecule has 0 saturated heterocycles. The third kappa shape index (κ3) is 2.43. The second-order valence-corrected chi connectivity index (χ2v) is 4.75. The Kier molecular flexibility index (Phi) is 3.44. The molecule has 1 aromatic carbocycles. The summed E-state index contributed by atoms with van der Waals surface area (Å²) in [6.07, 6.45) is 0. The minimum atomic E-state index is -3.12. The summed E-state index contributed by atoms with van der Waals surface area (Å²) in [4.78, 5) is 0. The zero-order valence-corrected chi connectivity index (χ0v) is 8.88. The molecule has 4 heteroatoms. The van der Waals surface area contributed by atoms with E-state index in [-0.39, 0.29) is 0 Å². The molecule has 1 unspecified atom stereocenters. The third-order valence-electron chi connectivity index (χ3n) is 1.41. The topological polar surface area (TPSA) is 46.5 Å². The van der Waals surface area contributed by atoms with Crippen LogP contribution in [-0.4, -0.2) is 25.6 Å². The van der Waals surface area contributed by atoms with Crippen LogP contribution in [0.1, 0.15) is 6.92 Å². The monoisotopic (exact) mass is 230 g/mol. The van der Waals surface area contributed by atoms with Crippen LogP contribution in [0.3, 0.4) is 0 Å². The van der Waals surface area contributed by atoms with Crippen LogP contribution in [0, 0.1) is 0 Å². The maximum absolute atomic E-state index is 10.7. The van der Waals surface area contributed by atoms with E-state index in [1.54, 1.807) is 24.3 Å². The summed E-state index contributed by atoms with van der Waals surface area (Å²) in [6.45, 7) is 2.51. The van der Waals surface area contributed by atoms with Crippen molar-refractivity contribution in [2.75, 3.05) is 6.61 Å². The summed E-state index contributed by atoms with van der Waals surface area (Å²) in [5.41, 5.74) is 0. The van der Waals surface area contributed by atoms with Crippen molar-refractivity contribution >= 4 is 19.3 Å². The summed E-state index contributed by atoms with van der Waals surface area (Å²) in [7, 11) is 0. The van der Waals surface area contributed by atoms with Crippen LogP contribution in [0.5, 0.6) is 5.75 Å². The van der Waals surface area contributed by atoms with E-state index in [0.717, 1.165) is 5.75 Å². The summed E-state index contributed by atoms with van der Waals surface area (Å²) >= 11 is -3.12. The van der Waals surface area contributed by atoms with Gasteiger partial charge in [-0.25, -0.2) is 0 Å². The molecular formula is C8H11AsO3. The molecule has 0 spiro atoms. The van der Waals surface area contributed by atoms with Gasteiger partial charge in [-0.15, -0.1) is 0 Å². The van der Waals surface area contributed by atoms with E-state index in [9.17, 15) is 3.74 Å². The van der Waals surface area contributed by atoms with E-state index in [1.807, 2.05) is 6.92 Å². The van der Waals surface area contributed by atoms with E-state index in [0.29, 0.717) is 11.0 Å². The first-order valence-corrected chi connectivity index (χ1v) is 6.54. The van der Waals surface area contributed by atoms with E-state index in [4.69, 9.17) is 8.83 Å². The molecule has 66 valence electrons. The average Bonchev–Trinajstić information content (AvgIpc) is 2.06. The fourth-order valence-corrected chi connectivity index (χ4v) is 1.81. The van der Waals surface area contributed by atoms with Crippen molar-refractivity contribution in [1.29, 1.82) is 0 Å². The third-order valence-corrected chi connectivity index (χ3v) is 3.15. The van der Waals surface area contributed by atoms with Crippen LogP contribution in [0.15, 0.2) is 24.3 Å². The molecule has 1 atom stereocenters. The SMILES string of the molecule is CCOc1ccc([AsH](=O)O)cc1. The number of rotatable bonds is 3. The fraction of sp³-hybridized carbons (Fsp3) is 0.250. The molecular weight excluding hydrogens is 219 g/mol. The molecule has 0 aliphatic carbocycles. The molecule has 1 aromatic rings. The summed E-state index contributed by atoms with van der Waals surface area (Å²) < 4.78 is 25.2. The van der Waals surface area contributed by atoms with Gasteiger partial charge in [0.1, 0.15) is 0 Å². The Bertz CT molecular complexity index is 268. The first kappa shape index (κ1) is 9.43. The Balaban J connectivity index is 2.78. The van der Waals surface area contributed by atoms with Crippen molar-refractivity contribution < 1.29 is 12.6 Å². The molecule has 0 fully saturated rings. The van der Waals surface area contributed by atoms with Crippen molar-refractivity contribution in [1.82, 2.24) is 0 Å². The average molecular weight is 230 g/mol. The van der Waals surface area contributed by atoms with Gasteiger partial charge in [-0.3, -0.25) is 0 Å². The van der Waals surface area contributed by atoms with Gasteiger partial charge >= 0.3 is 75.4 Å². The number of benzene rings is 1. The molecule has 0 aromatic heterocycles. The molecule has 0 heterocycles. The second-order valence-electron chi connectivity index (χ2n) is 2.26. The Labute approximate surface area is 75.8 Å². The van der Waals surface area contributed by atoms with Gasteiger partial charge in [0, 0.05) is 0 Å². The quantitative estimate of drug-likeness (QED) is 0.739. The van der Waals surface area contributed by atoms with Crippen molar-refractivity contribution in [3.63, 3.8) is 0 Å². The maximum atomic E-state index is 10.7. The Morgan fingerprint density at radius 2 is 2.00 bits per heavy atom. The van der Waals surface area contributed by atoms with Gasteiger partial charge in [-0.1, -0.05) is 0 Å². The van der Waals surface area contributed by atoms with Crippen molar-refractivity contribution in [3.05, 3.63) is 24.3 Å². The molecule has 0 aliphatic rings. The number of hydrogen-bond donors (Lipinski definition) is 1. The van der Waals surface area contributed by atoms with Crippen LogP contribution >= 0.6 is 0 Å². The molecule has 0 bridgehead atoms. The van der Waals surface area contributed by atoms with Gasteiger partial charge in [-0.05, 0) is 0 Å². The molecule has 1 rings (SSSR count). The van der Waals surface area contributed by atoms with Crippen molar-refractivity contribution in [2.45, 2.75) is 6.92 Å². The second kappa shape index (κ2) is 4.39. The predicted molar refractivity (Wildman–Crippen MR) is 47.3 cm³/mol. The Morgan fingerprint density at radius 3 is 2.42 bits per heavy atom. The summed E-state index contributed by atoms with van der Waals surface area (Å²) in [5.74, 6) is 0.737. The zero-order valence-electron chi connectivity index (χ0n) is 6.78. The van der Waals surface area contributed by atoms with Gasteiger partial charge in [0.15, 0.2) is 0 Å². The summed E-state index contributed by atoms with van der Waals surface area (Å²) in [5, 5.41) is 0. The van der Waals surface area contributed by atoms with Crippen LogP contribution < -0.4 is 9.09 Å². The van der Waals surface area contributed by atoms with Crippen LogP contribution in [0.25, 0.3) is 0 Å². The Hall–Kier alpha value is -0.662. The van der Waals surface area contributed by atoms with E-state index < -0.39 is 14.9 Å². The van der Waals surface area contributed by atoms with Gasteiger partial charge in [0.25, 0.3) is 0 Å². The van der Waals surface area contributed by atoms with Crippen LogP contribution in [0.2, 0.25) is 0 Å². The van der Waals surface area contributed by atoms with E-state index >= 15 is 0 Å². The minimum absolute atomic E-state index is 0.526. The van der Waals surface area contributed by atoms with Crippen molar-refractivity contribution in [2.24, 2.45) is 0 Å². The standard InChI is InChI=1S/C8H11AsO3/c1-2-12-8-5-3-7(4-6-8)9(10)11/h3-6,9H,2H2,1H3,(H,10,11). The predicted octanol–water partition coefficient (Wildman–Crippen LogP) is -0.0644. The van der Waals surface area contributed by atoms with E-state index in [1.165, 1.54) is 0 Å². The van der Waals surface area contributed by atoms with Gasteiger partial charge in [-0.2, -0.15) is 0 Å². The Morgan fingerprint density at radius 1 is 1.42 bits per heavy atom. The van der Waals surface area contributed by atoms with Gasteiger partial charge in [0.2, 0.25) is 0 Å².